The molecule has 0 saturated heterocycles. The summed E-state index contributed by atoms with van der Waals surface area (Å²) in [6, 6.07) is 9.16. The van der Waals surface area contributed by atoms with E-state index < -0.39 is 0 Å². The maximum atomic E-state index is 11.9. The van der Waals surface area contributed by atoms with Gasteiger partial charge in [-0.3, -0.25) is 4.79 Å². The molecule has 0 aliphatic heterocycles. The first-order valence-corrected chi connectivity index (χ1v) is 6.69. The molecule has 6 nitrogen and oxygen atoms in total. The molecule has 0 aliphatic rings. The quantitative estimate of drug-likeness (QED) is 0.753. The monoisotopic (exact) mass is 281 g/mol. The van der Waals surface area contributed by atoms with Gasteiger partial charge in [-0.15, -0.1) is 0 Å². The second-order valence-electron chi connectivity index (χ2n) is 4.73. The van der Waals surface area contributed by atoms with Crippen LogP contribution >= 0.6 is 0 Å². The number of hydrogen-bond donors (Lipinski definition) is 2. The lowest BCUT2D eigenvalue weighted by Crippen LogP contribution is -2.19. The van der Waals surface area contributed by atoms with E-state index in [9.17, 15) is 4.79 Å². The van der Waals surface area contributed by atoms with Crippen molar-refractivity contribution in [1.82, 2.24) is 25.3 Å². The third kappa shape index (κ3) is 3.11. The largest absolute Gasteiger partial charge is 0.309 e. The highest BCUT2D eigenvalue weighted by Gasteiger charge is 2.03. The number of aromatic nitrogens is 4. The molecule has 0 amide bonds. The number of benzene rings is 1. The summed E-state index contributed by atoms with van der Waals surface area (Å²) in [4.78, 5) is 27.5. The zero-order valence-corrected chi connectivity index (χ0v) is 11.6. The number of para-hydroxylation sites is 1. The van der Waals surface area contributed by atoms with E-state index in [-0.39, 0.29) is 5.56 Å². The van der Waals surface area contributed by atoms with E-state index in [0.29, 0.717) is 29.8 Å². The smallest absolute Gasteiger partial charge is 0.258 e. The maximum absolute atomic E-state index is 11.9. The third-order valence-corrected chi connectivity index (χ3v) is 3.09. The second kappa shape index (κ2) is 5.80. The summed E-state index contributed by atoms with van der Waals surface area (Å²) in [5.74, 6) is 1.36. The molecule has 0 radical (unpaired) electrons. The van der Waals surface area contributed by atoms with Gasteiger partial charge in [0.25, 0.3) is 5.56 Å². The maximum Gasteiger partial charge on any atom is 0.258 e. The van der Waals surface area contributed by atoms with Crippen molar-refractivity contribution >= 4 is 10.9 Å². The molecule has 0 saturated carbocycles. The molecule has 106 valence electrons. The Bertz CT molecular complexity index is 827. The second-order valence-corrected chi connectivity index (χ2v) is 4.73. The minimum Gasteiger partial charge on any atom is -0.309 e. The van der Waals surface area contributed by atoms with Gasteiger partial charge in [-0.05, 0) is 25.1 Å². The van der Waals surface area contributed by atoms with Gasteiger partial charge in [0.05, 0.1) is 23.1 Å². The van der Waals surface area contributed by atoms with Crippen LogP contribution in [-0.2, 0) is 13.1 Å². The highest BCUT2D eigenvalue weighted by Crippen LogP contribution is 2.05. The van der Waals surface area contributed by atoms with Crippen LogP contribution in [0.25, 0.3) is 10.9 Å². The predicted octanol–water partition coefficient (Wildman–Crippen LogP) is 1.31. The van der Waals surface area contributed by atoms with Gasteiger partial charge >= 0.3 is 0 Å². The molecule has 2 aromatic heterocycles. The zero-order chi connectivity index (χ0) is 14.7. The van der Waals surface area contributed by atoms with Crippen molar-refractivity contribution in [3.8, 4) is 0 Å². The molecule has 0 fully saturated rings. The molecule has 0 unspecified atom stereocenters. The molecule has 6 heteroatoms. The van der Waals surface area contributed by atoms with Gasteiger partial charge in [-0.25, -0.2) is 15.0 Å². The molecule has 0 spiro atoms. The van der Waals surface area contributed by atoms with E-state index in [1.54, 1.807) is 12.3 Å². The molecule has 3 rings (SSSR count). The molecule has 0 atom stereocenters. The van der Waals surface area contributed by atoms with Crippen molar-refractivity contribution in [2.24, 2.45) is 0 Å². The number of fused-ring (bicyclic) bond motifs is 1. The number of rotatable bonds is 4. The van der Waals surface area contributed by atoms with Crippen LogP contribution in [0.2, 0.25) is 0 Å². The SMILES string of the molecule is Cc1nccc(CNCc2nc3ccccc3c(=O)[nH]2)n1. The van der Waals surface area contributed by atoms with Gasteiger partial charge in [0.15, 0.2) is 0 Å². The topological polar surface area (TPSA) is 83.6 Å². The first-order valence-electron chi connectivity index (χ1n) is 6.69. The first kappa shape index (κ1) is 13.4. The first-order chi connectivity index (χ1) is 10.2. The Kier molecular flexibility index (Phi) is 3.70. The number of aryl methyl sites for hydroxylation is 1. The van der Waals surface area contributed by atoms with Crippen LogP contribution in [0, 0.1) is 6.92 Å². The van der Waals surface area contributed by atoms with E-state index in [4.69, 9.17) is 0 Å². The van der Waals surface area contributed by atoms with E-state index in [0.717, 1.165) is 11.5 Å². The lowest BCUT2D eigenvalue weighted by molar-refractivity contribution is 0.649. The number of nitrogens with one attached hydrogen (secondary N) is 2. The Balaban J connectivity index is 1.72. The van der Waals surface area contributed by atoms with E-state index >= 15 is 0 Å². The Hall–Kier alpha value is -2.60. The fourth-order valence-electron chi connectivity index (χ4n) is 2.13. The lowest BCUT2D eigenvalue weighted by Gasteiger charge is -2.05. The van der Waals surface area contributed by atoms with Gasteiger partial charge in [0.2, 0.25) is 0 Å². The third-order valence-electron chi connectivity index (χ3n) is 3.09. The standard InChI is InChI=1S/C15H15N5O/c1-10-17-7-6-11(18-10)8-16-9-14-19-13-5-3-2-4-12(13)15(21)20-14/h2-7,16H,8-9H2,1H3,(H,19,20,21). The molecule has 2 heterocycles. The molecule has 2 N–H and O–H groups in total. The van der Waals surface area contributed by atoms with Crippen molar-refractivity contribution in [3.05, 3.63) is 64.2 Å². The number of nitrogens with zero attached hydrogens (tertiary/aromatic N) is 3. The van der Waals surface area contributed by atoms with Crippen molar-refractivity contribution in [2.45, 2.75) is 20.0 Å². The van der Waals surface area contributed by atoms with Crippen LogP contribution in [0.4, 0.5) is 0 Å². The number of aromatic amines is 1. The predicted molar refractivity (Wildman–Crippen MR) is 79.7 cm³/mol. The Labute approximate surface area is 121 Å². The van der Waals surface area contributed by atoms with Gasteiger partial charge < -0.3 is 10.3 Å². The summed E-state index contributed by atoms with van der Waals surface area (Å²) in [6.45, 7) is 2.93. The summed E-state index contributed by atoms with van der Waals surface area (Å²) in [7, 11) is 0. The highest BCUT2D eigenvalue weighted by atomic mass is 16.1. The van der Waals surface area contributed by atoms with Crippen LogP contribution in [0.3, 0.4) is 0 Å². The van der Waals surface area contributed by atoms with E-state index in [1.165, 1.54) is 0 Å². The molecular formula is C15H15N5O. The molecule has 3 aromatic rings. The average molecular weight is 281 g/mol. The molecular weight excluding hydrogens is 266 g/mol. The average Bonchev–Trinajstić information content (AvgIpc) is 2.47. The molecule has 0 aliphatic carbocycles. The van der Waals surface area contributed by atoms with Crippen molar-refractivity contribution in [1.29, 1.82) is 0 Å². The minimum absolute atomic E-state index is 0.115. The fraction of sp³-hybridized carbons (Fsp3) is 0.200. The van der Waals surface area contributed by atoms with Crippen LogP contribution in [-0.4, -0.2) is 19.9 Å². The van der Waals surface area contributed by atoms with Gasteiger partial charge in [-0.2, -0.15) is 0 Å². The van der Waals surface area contributed by atoms with Gasteiger partial charge in [0.1, 0.15) is 11.6 Å². The summed E-state index contributed by atoms with van der Waals surface area (Å²) >= 11 is 0. The summed E-state index contributed by atoms with van der Waals surface area (Å²) in [5, 5.41) is 3.82. The molecule has 0 bridgehead atoms. The van der Waals surface area contributed by atoms with E-state index in [2.05, 4.69) is 25.3 Å². The summed E-state index contributed by atoms with van der Waals surface area (Å²) < 4.78 is 0. The van der Waals surface area contributed by atoms with Crippen molar-refractivity contribution in [2.75, 3.05) is 0 Å². The number of hydrogen-bond acceptors (Lipinski definition) is 5. The number of H-pyrrole nitrogens is 1. The normalized spacial score (nSPS) is 10.9. The minimum atomic E-state index is -0.115. The highest BCUT2D eigenvalue weighted by molar-refractivity contribution is 5.77. The molecule has 21 heavy (non-hydrogen) atoms. The Morgan fingerprint density at radius 1 is 1.14 bits per heavy atom. The van der Waals surface area contributed by atoms with Gasteiger partial charge in [-0.1, -0.05) is 12.1 Å². The van der Waals surface area contributed by atoms with Crippen LogP contribution in [0.1, 0.15) is 17.3 Å². The van der Waals surface area contributed by atoms with Crippen LogP contribution in [0.5, 0.6) is 0 Å². The Morgan fingerprint density at radius 3 is 2.86 bits per heavy atom. The van der Waals surface area contributed by atoms with Crippen LogP contribution in [0.15, 0.2) is 41.3 Å². The van der Waals surface area contributed by atoms with Gasteiger partial charge in [0, 0.05) is 12.7 Å². The van der Waals surface area contributed by atoms with E-state index in [1.807, 2.05) is 31.2 Å². The van der Waals surface area contributed by atoms with Crippen LogP contribution < -0.4 is 10.9 Å². The lowest BCUT2D eigenvalue weighted by atomic mass is 10.2. The van der Waals surface area contributed by atoms with Crippen molar-refractivity contribution < 1.29 is 0 Å². The summed E-state index contributed by atoms with van der Waals surface area (Å²) in [6.07, 6.45) is 1.73. The summed E-state index contributed by atoms with van der Waals surface area (Å²) in [5.41, 5.74) is 1.50. The zero-order valence-electron chi connectivity index (χ0n) is 11.6. The fourth-order valence-corrected chi connectivity index (χ4v) is 2.13. The Morgan fingerprint density at radius 2 is 2.00 bits per heavy atom. The van der Waals surface area contributed by atoms with Crippen molar-refractivity contribution in [3.63, 3.8) is 0 Å². The molecule has 1 aromatic carbocycles.